The van der Waals surface area contributed by atoms with Crippen LogP contribution in [0.2, 0.25) is 0 Å². The van der Waals surface area contributed by atoms with Gasteiger partial charge in [-0.05, 0) is 37.9 Å². The van der Waals surface area contributed by atoms with Crippen LogP contribution in [-0.2, 0) is 56.4 Å². The minimum Gasteiger partial charge on any atom is -0.756 e. The summed E-state index contributed by atoms with van der Waals surface area (Å²) in [5, 5.41) is 4.51. The largest absolute Gasteiger partial charge is 0.756 e. The van der Waals surface area contributed by atoms with E-state index in [2.05, 4.69) is 19.7 Å². The van der Waals surface area contributed by atoms with Crippen molar-refractivity contribution in [2.45, 2.75) is 76.5 Å². The molecule has 0 aromatic heterocycles. The number of phosphoric ester groups is 1. The third-order valence-corrected chi connectivity index (χ3v) is 9.24. The number of ketones is 1. The number of thioether (sulfide) groups is 1. The number of Topliss-reactive ketones (excluding diaryl/α,β-unsaturated/α-hetero) is 1. The molecule has 0 saturated carbocycles. The lowest BCUT2D eigenvalue weighted by Gasteiger charge is -2.21. The lowest BCUT2D eigenvalue weighted by atomic mass is 10.0. The van der Waals surface area contributed by atoms with Gasteiger partial charge in [0, 0.05) is 34.3 Å². The number of methoxy groups -OCH3 is 2. The lowest BCUT2D eigenvalue weighted by Crippen LogP contribution is -2.47. The normalized spacial score (nSPS) is 15.7. The Morgan fingerprint density at radius 2 is 1.42 bits per heavy atom. The molecule has 1 aliphatic rings. The first-order chi connectivity index (χ1) is 25.0. The molecule has 4 amide bonds. The zero-order valence-electron chi connectivity index (χ0n) is 31.2. The summed E-state index contributed by atoms with van der Waals surface area (Å²) in [6.45, 7) is 5.66. The highest BCUT2D eigenvalue weighted by atomic mass is 32.2. The van der Waals surface area contributed by atoms with Gasteiger partial charge in [0.2, 0.25) is 11.8 Å². The molecule has 0 aromatic rings. The van der Waals surface area contributed by atoms with Crippen molar-refractivity contribution in [2.75, 3.05) is 99.6 Å². The molecule has 20 heteroatoms. The summed E-state index contributed by atoms with van der Waals surface area (Å²) in [5.74, 6) is -0.877. The maximum Gasteiger partial charge on any atom is 0.407 e. The van der Waals surface area contributed by atoms with Crippen molar-refractivity contribution in [1.29, 1.82) is 0 Å². The first-order valence-electron chi connectivity index (χ1n) is 17.5. The van der Waals surface area contributed by atoms with Crippen LogP contribution in [0.1, 0.15) is 65.2 Å². The molecule has 1 saturated heterocycles. The molecule has 52 heavy (non-hydrogen) atoms. The number of unbranched alkanes of at least 4 members (excludes halogenated alkanes) is 4. The number of alkyl carbamates (subject to hydrolysis) is 2. The van der Waals surface area contributed by atoms with Crippen LogP contribution >= 0.6 is 19.6 Å². The van der Waals surface area contributed by atoms with E-state index in [0.29, 0.717) is 57.9 Å². The van der Waals surface area contributed by atoms with Crippen LogP contribution in [0.5, 0.6) is 0 Å². The maximum absolute atomic E-state index is 13.3. The quantitative estimate of drug-likeness (QED) is 0.0584. The van der Waals surface area contributed by atoms with Crippen molar-refractivity contribution in [3.63, 3.8) is 0 Å². The number of nitrogens with one attached hydrogen (secondary N) is 2. The Balaban J connectivity index is 0.0000128. The Morgan fingerprint density at radius 1 is 0.827 bits per heavy atom. The van der Waals surface area contributed by atoms with E-state index >= 15 is 0 Å². The monoisotopic (exact) mass is 788 g/mol. The van der Waals surface area contributed by atoms with E-state index in [1.165, 1.54) is 18.9 Å². The molecule has 304 valence electrons. The van der Waals surface area contributed by atoms with Crippen LogP contribution < -0.4 is 15.5 Å². The lowest BCUT2D eigenvalue weighted by molar-refractivity contribution is -0.223. The van der Waals surface area contributed by atoms with E-state index in [4.69, 9.17) is 28.4 Å². The van der Waals surface area contributed by atoms with Gasteiger partial charge < -0.3 is 53.0 Å². The third-order valence-electron chi connectivity index (χ3n) is 7.00. The Bertz CT molecular complexity index is 1060. The van der Waals surface area contributed by atoms with Crippen LogP contribution in [0.15, 0.2) is 0 Å². The summed E-state index contributed by atoms with van der Waals surface area (Å²) >= 11 is 1.33. The third kappa shape index (κ3) is 24.8. The summed E-state index contributed by atoms with van der Waals surface area (Å²) in [5.41, 5.74) is 0. The van der Waals surface area contributed by atoms with E-state index in [9.17, 15) is 33.4 Å². The fourth-order valence-electron chi connectivity index (χ4n) is 4.32. The van der Waals surface area contributed by atoms with E-state index in [-0.39, 0.29) is 52.4 Å². The number of rotatable bonds is 31. The smallest absolute Gasteiger partial charge is 0.407 e. The number of imide groups is 1. The number of nitrogens with zero attached hydrogens (tertiary/aromatic N) is 1. The maximum atomic E-state index is 13.3. The molecule has 3 atom stereocenters. The summed E-state index contributed by atoms with van der Waals surface area (Å²) in [6, 6.07) is -1.05. The van der Waals surface area contributed by atoms with Gasteiger partial charge in [0.05, 0.1) is 64.1 Å². The second kappa shape index (κ2) is 32.1. The topological polar surface area (TPSA) is 227 Å². The predicted octanol–water partition coefficient (Wildman–Crippen LogP) is 2.45. The van der Waals surface area contributed by atoms with E-state index in [0.717, 1.165) is 24.9 Å². The minimum atomic E-state index is -4.23. The van der Waals surface area contributed by atoms with Crippen molar-refractivity contribution >= 4 is 49.4 Å². The summed E-state index contributed by atoms with van der Waals surface area (Å²) in [4.78, 5) is 75.5. The van der Waals surface area contributed by atoms with Gasteiger partial charge in [-0.2, -0.15) is 0 Å². The molecule has 3 unspecified atom stereocenters. The van der Waals surface area contributed by atoms with Gasteiger partial charge in [0.25, 0.3) is 7.82 Å². The molecule has 0 radical (unpaired) electrons. The highest BCUT2D eigenvalue weighted by molar-refractivity contribution is 8.00. The molecular weight excluding hydrogens is 729 g/mol. The van der Waals surface area contributed by atoms with Gasteiger partial charge in [-0.3, -0.25) is 23.8 Å². The van der Waals surface area contributed by atoms with Gasteiger partial charge >= 0.3 is 12.2 Å². The fourth-order valence-corrected chi connectivity index (χ4v) is 5.96. The molecule has 0 aliphatic carbocycles. The molecule has 1 aliphatic heterocycles. The van der Waals surface area contributed by atoms with Crippen LogP contribution in [0, 0.1) is 0 Å². The van der Waals surface area contributed by atoms with Crippen molar-refractivity contribution in [1.82, 2.24) is 15.5 Å². The molecule has 0 bridgehead atoms. The minimum absolute atomic E-state index is 0.0231. The number of carbonyl (C=O) groups excluding carboxylic acids is 5. The van der Waals surface area contributed by atoms with Gasteiger partial charge in [0.1, 0.15) is 13.2 Å². The van der Waals surface area contributed by atoms with E-state index < -0.39 is 55.4 Å². The number of amides is 4. The van der Waals surface area contributed by atoms with Gasteiger partial charge in [-0.25, -0.2) is 9.59 Å². The Labute approximate surface area is 311 Å². The SMILES string of the molecule is CC.COCCOCCOC(=O)NCCCCC(NC(=O)OCCOCCOC)C(=O)CN1C(=O)CC(SCCCCCCOP(=O)([O-])OC)C1=O. The second-order valence-electron chi connectivity index (χ2n) is 10.8. The van der Waals surface area contributed by atoms with Crippen LogP contribution in [0.25, 0.3) is 0 Å². The number of carbonyl (C=O) groups is 5. The Hall–Kier alpha value is -2.35. The van der Waals surface area contributed by atoms with Crippen molar-refractivity contribution < 1.29 is 70.9 Å². The van der Waals surface area contributed by atoms with Crippen LogP contribution in [0.4, 0.5) is 9.59 Å². The summed E-state index contributed by atoms with van der Waals surface area (Å²) in [6.07, 6.45) is 2.26. The van der Waals surface area contributed by atoms with Gasteiger partial charge in [-0.15, -0.1) is 11.8 Å². The zero-order valence-corrected chi connectivity index (χ0v) is 32.9. The molecule has 18 nitrogen and oxygen atoms in total. The molecule has 1 heterocycles. The highest BCUT2D eigenvalue weighted by Crippen LogP contribution is 2.36. The van der Waals surface area contributed by atoms with Gasteiger partial charge in [-0.1, -0.05) is 26.7 Å². The van der Waals surface area contributed by atoms with Crippen LogP contribution in [-0.4, -0.2) is 146 Å². The molecule has 0 aromatic carbocycles. The van der Waals surface area contributed by atoms with E-state index in [1.807, 2.05) is 13.8 Å². The second-order valence-corrected chi connectivity index (χ2v) is 13.7. The molecule has 0 spiro atoms. The Kier molecular flexibility index (Phi) is 30.7. The molecular formula is C32H59N3O15PS-. The average molecular weight is 789 g/mol. The van der Waals surface area contributed by atoms with E-state index in [1.54, 1.807) is 7.11 Å². The standard InChI is InChI=1S/C30H54N3O15PS.C2H6/c1-41-13-15-44-17-19-46-29(37)31-11-7-6-10-24(32-30(38)47-20-18-45-16-14-42-2)25(34)23-33-27(35)22-26(28(33)36)50-21-9-5-4-8-12-48-49(39,40)43-3;1-2/h24,26H,4-23H2,1-3H3,(H,31,37)(H,32,38)(H,39,40);1-2H3/p-1. The predicted molar refractivity (Wildman–Crippen MR) is 190 cm³/mol. The fraction of sp³-hybridized carbons (Fsp3) is 0.844. The van der Waals surface area contributed by atoms with Crippen molar-refractivity contribution in [3.05, 3.63) is 0 Å². The first-order valence-corrected chi connectivity index (χ1v) is 20.0. The summed E-state index contributed by atoms with van der Waals surface area (Å²) in [7, 11) is -0.117. The number of hydrogen-bond donors (Lipinski definition) is 2. The molecule has 1 fully saturated rings. The summed E-state index contributed by atoms with van der Waals surface area (Å²) < 4.78 is 50.4. The van der Waals surface area contributed by atoms with Crippen LogP contribution in [0.3, 0.4) is 0 Å². The molecule has 2 N–H and O–H groups in total. The number of hydrogen-bond acceptors (Lipinski definition) is 16. The van der Waals surface area contributed by atoms with Crippen molar-refractivity contribution in [3.8, 4) is 0 Å². The molecule has 1 rings (SSSR count). The zero-order chi connectivity index (χ0) is 39.0. The first kappa shape index (κ1) is 49.6. The number of ether oxygens (including phenoxy) is 6. The van der Waals surface area contributed by atoms with Crippen molar-refractivity contribution in [2.24, 2.45) is 0 Å². The number of likely N-dealkylation sites (tertiary alicyclic amines) is 1. The number of phosphoric acid groups is 1. The van der Waals surface area contributed by atoms with Gasteiger partial charge in [0.15, 0.2) is 5.78 Å². The highest BCUT2D eigenvalue weighted by Gasteiger charge is 2.40. The Morgan fingerprint density at radius 3 is 2.04 bits per heavy atom. The average Bonchev–Trinajstić information content (AvgIpc) is 3.39.